The van der Waals surface area contributed by atoms with E-state index in [1.54, 1.807) is 0 Å². The summed E-state index contributed by atoms with van der Waals surface area (Å²) in [6.07, 6.45) is 2.46. The Labute approximate surface area is 105 Å². The Kier molecular flexibility index (Phi) is 6.06. The van der Waals surface area contributed by atoms with Crippen molar-refractivity contribution in [1.82, 2.24) is 5.32 Å². The van der Waals surface area contributed by atoms with E-state index in [1.165, 1.54) is 5.56 Å². The van der Waals surface area contributed by atoms with Crippen LogP contribution in [-0.2, 0) is 0 Å². The maximum absolute atomic E-state index is 5.96. The van der Waals surface area contributed by atoms with E-state index in [0.717, 1.165) is 25.1 Å². The van der Waals surface area contributed by atoms with Crippen molar-refractivity contribution < 1.29 is 4.74 Å². The Morgan fingerprint density at radius 3 is 2.53 bits per heavy atom. The molecule has 0 heterocycles. The highest BCUT2D eigenvalue weighted by Crippen LogP contribution is 2.26. The van der Waals surface area contributed by atoms with Crippen LogP contribution in [0, 0.1) is 0 Å². The molecule has 0 amide bonds. The average molecular weight is 235 g/mol. The second-order valence-corrected chi connectivity index (χ2v) is 4.55. The number of benzene rings is 1. The van der Waals surface area contributed by atoms with Crippen molar-refractivity contribution >= 4 is 0 Å². The third kappa shape index (κ3) is 4.39. The first-order valence-electron chi connectivity index (χ1n) is 6.68. The zero-order valence-electron chi connectivity index (χ0n) is 11.5. The number of rotatable bonds is 7. The molecule has 2 atom stereocenters. The van der Waals surface area contributed by atoms with Gasteiger partial charge in [-0.3, -0.25) is 0 Å². The number of hydrogen-bond donors (Lipinski definition) is 1. The quantitative estimate of drug-likeness (QED) is 0.773. The van der Waals surface area contributed by atoms with Gasteiger partial charge in [-0.05, 0) is 39.3 Å². The summed E-state index contributed by atoms with van der Waals surface area (Å²) in [4.78, 5) is 0. The van der Waals surface area contributed by atoms with Gasteiger partial charge in [0.05, 0.1) is 6.10 Å². The third-order valence-electron chi connectivity index (χ3n) is 2.99. The summed E-state index contributed by atoms with van der Waals surface area (Å²) in [7, 11) is 0. The van der Waals surface area contributed by atoms with E-state index < -0.39 is 0 Å². The Bertz CT molecular complexity index is 324. The highest BCUT2D eigenvalue weighted by molar-refractivity contribution is 5.35. The van der Waals surface area contributed by atoms with Crippen LogP contribution in [0.2, 0.25) is 0 Å². The van der Waals surface area contributed by atoms with Gasteiger partial charge in [-0.2, -0.15) is 0 Å². The summed E-state index contributed by atoms with van der Waals surface area (Å²) in [5.74, 6) is 1.01. The molecule has 0 bridgehead atoms. The Morgan fingerprint density at radius 2 is 1.88 bits per heavy atom. The highest BCUT2D eigenvalue weighted by Gasteiger charge is 2.11. The lowest BCUT2D eigenvalue weighted by Gasteiger charge is -2.20. The maximum Gasteiger partial charge on any atom is 0.124 e. The molecule has 1 N–H and O–H groups in total. The summed E-state index contributed by atoms with van der Waals surface area (Å²) in [6, 6.07) is 8.66. The SMILES string of the molecule is CCCN[C@@H](C)c1ccccc1O[C@H](C)CC. The molecule has 2 heteroatoms. The summed E-state index contributed by atoms with van der Waals surface area (Å²) >= 11 is 0. The lowest BCUT2D eigenvalue weighted by molar-refractivity contribution is 0.213. The first kappa shape index (κ1) is 14.0. The van der Waals surface area contributed by atoms with Gasteiger partial charge in [0, 0.05) is 11.6 Å². The molecule has 0 fully saturated rings. The van der Waals surface area contributed by atoms with E-state index in [-0.39, 0.29) is 6.10 Å². The molecule has 17 heavy (non-hydrogen) atoms. The Morgan fingerprint density at radius 1 is 1.18 bits per heavy atom. The summed E-state index contributed by atoms with van der Waals surface area (Å²) in [5, 5.41) is 3.50. The van der Waals surface area contributed by atoms with E-state index in [0.29, 0.717) is 6.04 Å². The minimum absolute atomic E-state index is 0.273. The van der Waals surface area contributed by atoms with Gasteiger partial charge in [0.25, 0.3) is 0 Å². The molecule has 1 rings (SSSR count). The first-order valence-corrected chi connectivity index (χ1v) is 6.68. The van der Waals surface area contributed by atoms with Crippen molar-refractivity contribution in [3.63, 3.8) is 0 Å². The van der Waals surface area contributed by atoms with Crippen LogP contribution in [-0.4, -0.2) is 12.6 Å². The van der Waals surface area contributed by atoms with E-state index >= 15 is 0 Å². The molecule has 0 aromatic heterocycles. The zero-order valence-corrected chi connectivity index (χ0v) is 11.5. The van der Waals surface area contributed by atoms with Gasteiger partial charge < -0.3 is 10.1 Å². The topological polar surface area (TPSA) is 21.3 Å². The van der Waals surface area contributed by atoms with Crippen LogP contribution in [0.1, 0.15) is 52.1 Å². The first-order chi connectivity index (χ1) is 8.19. The third-order valence-corrected chi connectivity index (χ3v) is 2.99. The monoisotopic (exact) mass is 235 g/mol. The molecular weight excluding hydrogens is 210 g/mol. The van der Waals surface area contributed by atoms with Crippen molar-refractivity contribution in [2.45, 2.75) is 52.7 Å². The summed E-state index contributed by atoms with van der Waals surface area (Å²) in [5.41, 5.74) is 1.25. The molecule has 1 aromatic carbocycles. The van der Waals surface area contributed by atoms with Gasteiger partial charge in [-0.1, -0.05) is 32.0 Å². The molecule has 0 aliphatic carbocycles. The summed E-state index contributed by atoms with van der Waals surface area (Å²) in [6.45, 7) is 9.67. The van der Waals surface area contributed by atoms with Gasteiger partial charge in [-0.15, -0.1) is 0 Å². The normalized spacial score (nSPS) is 14.4. The molecular formula is C15H25NO. The number of ether oxygens (including phenoxy) is 1. The fourth-order valence-corrected chi connectivity index (χ4v) is 1.72. The molecule has 0 aliphatic rings. The van der Waals surface area contributed by atoms with E-state index in [4.69, 9.17) is 4.74 Å². The molecule has 0 saturated carbocycles. The van der Waals surface area contributed by atoms with Crippen molar-refractivity contribution in [1.29, 1.82) is 0 Å². The van der Waals surface area contributed by atoms with Gasteiger partial charge in [-0.25, -0.2) is 0 Å². The van der Waals surface area contributed by atoms with Crippen molar-refractivity contribution in [3.05, 3.63) is 29.8 Å². The van der Waals surface area contributed by atoms with Crippen molar-refractivity contribution in [2.75, 3.05) is 6.54 Å². The molecule has 0 spiro atoms. The largest absolute Gasteiger partial charge is 0.490 e. The molecule has 0 saturated heterocycles. The molecule has 0 aliphatic heterocycles. The van der Waals surface area contributed by atoms with Gasteiger partial charge in [0.2, 0.25) is 0 Å². The maximum atomic E-state index is 5.96. The molecule has 1 aromatic rings. The lowest BCUT2D eigenvalue weighted by atomic mass is 10.1. The number of para-hydroxylation sites is 1. The van der Waals surface area contributed by atoms with Crippen LogP contribution in [0.5, 0.6) is 5.75 Å². The van der Waals surface area contributed by atoms with Crippen molar-refractivity contribution in [3.8, 4) is 5.75 Å². The van der Waals surface area contributed by atoms with Crippen LogP contribution in [0.4, 0.5) is 0 Å². The standard InChI is InChI=1S/C15H25NO/c1-5-11-16-13(4)14-9-7-8-10-15(14)17-12(3)6-2/h7-10,12-13,16H,5-6,11H2,1-4H3/t12-,13+/m1/s1. The predicted octanol–water partition coefficient (Wildman–Crippen LogP) is 3.92. The van der Waals surface area contributed by atoms with E-state index in [2.05, 4.69) is 51.2 Å². The second kappa shape index (κ2) is 7.33. The predicted molar refractivity (Wildman–Crippen MR) is 73.5 cm³/mol. The smallest absolute Gasteiger partial charge is 0.124 e. The minimum atomic E-state index is 0.273. The van der Waals surface area contributed by atoms with Crippen LogP contribution in [0.25, 0.3) is 0 Å². The molecule has 0 unspecified atom stereocenters. The zero-order chi connectivity index (χ0) is 12.7. The van der Waals surface area contributed by atoms with Gasteiger partial charge in [0.15, 0.2) is 0 Å². The van der Waals surface area contributed by atoms with Gasteiger partial charge in [0.1, 0.15) is 5.75 Å². The van der Waals surface area contributed by atoms with Gasteiger partial charge >= 0.3 is 0 Å². The number of nitrogens with one attached hydrogen (secondary N) is 1. The van der Waals surface area contributed by atoms with Crippen LogP contribution in [0.15, 0.2) is 24.3 Å². The van der Waals surface area contributed by atoms with Crippen LogP contribution in [0.3, 0.4) is 0 Å². The fraction of sp³-hybridized carbons (Fsp3) is 0.600. The van der Waals surface area contributed by atoms with Crippen LogP contribution < -0.4 is 10.1 Å². The van der Waals surface area contributed by atoms with Crippen molar-refractivity contribution in [2.24, 2.45) is 0 Å². The minimum Gasteiger partial charge on any atom is -0.490 e. The van der Waals surface area contributed by atoms with Crippen LogP contribution >= 0.6 is 0 Å². The Hall–Kier alpha value is -1.02. The average Bonchev–Trinajstić information content (AvgIpc) is 2.36. The van der Waals surface area contributed by atoms with E-state index in [1.807, 2.05) is 6.07 Å². The fourth-order valence-electron chi connectivity index (χ4n) is 1.72. The lowest BCUT2D eigenvalue weighted by Crippen LogP contribution is -2.21. The second-order valence-electron chi connectivity index (χ2n) is 4.55. The Balaban J connectivity index is 2.76. The molecule has 96 valence electrons. The molecule has 2 nitrogen and oxygen atoms in total. The molecule has 0 radical (unpaired) electrons. The summed E-state index contributed by atoms with van der Waals surface area (Å²) < 4.78 is 5.96. The number of hydrogen-bond acceptors (Lipinski definition) is 2. The van der Waals surface area contributed by atoms with E-state index in [9.17, 15) is 0 Å². The highest BCUT2D eigenvalue weighted by atomic mass is 16.5.